The number of anilines is 1. The van der Waals surface area contributed by atoms with E-state index < -0.39 is 11.9 Å². The lowest BCUT2D eigenvalue weighted by Gasteiger charge is -2.29. The number of nitrogens with zero attached hydrogens (tertiary/aromatic N) is 4. The number of ether oxygens (including phenoxy) is 2. The van der Waals surface area contributed by atoms with Crippen molar-refractivity contribution in [3.63, 3.8) is 0 Å². The number of carbonyl (C=O) groups is 2. The van der Waals surface area contributed by atoms with E-state index >= 15 is 0 Å². The van der Waals surface area contributed by atoms with Crippen molar-refractivity contribution in [3.05, 3.63) is 78.1 Å². The lowest BCUT2D eigenvalue weighted by molar-refractivity contribution is -0.139. The van der Waals surface area contributed by atoms with Gasteiger partial charge in [0.1, 0.15) is 35.4 Å². The van der Waals surface area contributed by atoms with Crippen LogP contribution in [0.3, 0.4) is 0 Å². The van der Waals surface area contributed by atoms with Crippen LogP contribution in [0.15, 0.2) is 66.7 Å². The zero-order valence-electron chi connectivity index (χ0n) is 20.1. The number of nitrogens with one attached hydrogen (secondary N) is 1. The average molecular weight is 492 g/mol. The van der Waals surface area contributed by atoms with Crippen molar-refractivity contribution < 1.29 is 23.5 Å². The van der Waals surface area contributed by atoms with Gasteiger partial charge in [-0.25, -0.2) is 9.07 Å². The van der Waals surface area contributed by atoms with Gasteiger partial charge in [-0.2, -0.15) is 0 Å². The minimum Gasteiger partial charge on any atom is -0.497 e. The van der Waals surface area contributed by atoms with Gasteiger partial charge in [-0.1, -0.05) is 29.5 Å². The number of benzene rings is 3. The molecule has 1 atom stereocenters. The first-order valence-electron chi connectivity index (χ1n) is 11.2. The molecule has 0 spiro atoms. The number of rotatable bonds is 9. The van der Waals surface area contributed by atoms with Gasteiger partial charge in [-0.3, -0.25) is 9.59 Å². The number of hydrogen-bond acceptors (Lipinski definition) is 6. The maximum atomic E-state index is 13.5. The SMILES string of the molecule is COc1ccc(NC(=O)C(C)N(Cc2ccc(F)cc2)C(=O)Cn2nnc3ccccc32)c(OC)c1. The van der Waals surface area contributed by atoms with Crippen molar-refractivity contribution >= 4 is 28.5 Å². The summed E-state index contributed by atoms with van der Waals surface area (Å²) < 4.78 is 25.5. The van der Waals surface area contributed by atoms with E-state index in [1.54, 1.807) is 43.3 Å². The molecule has 4 aromatic rings. The molecule has 0 saturated heterocycles. The molecule has 0 bridgehead atoms. The number of hydrogen-bond donors (Lipinski definition) is 1. The molecular weight excluding hydrogens is 465 g/mol. The quantitative estimate of drug-likeness (QED) is 0.384. The van der Waals surface area contributed by atoms with Crippen LogP contribution in [0.4, 0.5) is 10.1 Å². The maximum absolute atomic E-state index is 13.5. The minimum absolute atomic E-state index is 0.0973. The molecule has 0 radical (unpaired) electrons. The van der Waals surface area contributed by atoms with Crippen LogP contribution < -0.4 is 14.8 Å². The van der Waals surface area contributed by atoms with Gasteiger partial charge in [0.25, 0.3) is 0 Å². The van der Waals surface area contributed by atoms with Gasteiger partial charge in [0.05, 0.1) is 25.4 Å². The molecule has 1 unspecified atom stereocenters. The number of fused-ring (bicyclic) bond motifs is 1. The molecule has 1 aromatic heterocycles. The number of amides is 2. The second-order valence-corrected chi connectivity index (χ2v) is 8.12. The predicted molar refractivity (Wildman–Crippen MR) is 132 cm³/mol. The summed E-state index contributed by atoms with van der Waals surface area (Å²) in [6.45, 7) is 1.61. The van der Waals surface area contributed by atoms with E-state index in [0.29, 0.717) is 33.8 Å². The van der Waals surface area contributed by atoms with E-state index in [0.717, 1.165) is 0 Å². The fraction of sp³-hybridized carbons (Fsp3) is 0.231. The molecule has 10 heteroatoms. The lowest BCUT2D eigenvalue weighted by Crippen LogP contribution is -2.46. The van der Waals surface area contributed by atoms with E-state index in [9.17, 15) is 14.0 Å². The van der Waals surface area contributed by atoms with Gasteiger partial charge in [0.2, 0.25) is 11.8 Å². The highest BCUT2D eigenvalue weighted by molar-refractivity contribution is 5.98. The highest BCUT2D eigenvalue weighted by Crippen LogP contribution is 2.29. The molecule has 0 aliphatic heterocycles. The van der Waals surface area contributed by atoms with Gasteiger partial charge in [0.15, 0.2) is 0 Å². The third-order valence-electron chi connectivity index (χ3n) is 5.81. The summed E-state index contributed by atoms with van der Waals surface area (Å²) in [4.78, 5) is 28.2. The Bertz CT molecular complexity index is 1370. The third-order valence-corrected chi connectivity index (χ3v) is 5.81. The highest BCUT2D eigenvalue weighted by atomic mass is 19.1. The van der Waals surface area contributed by atoms with Gasteiger partial charge in [-0.15, -0.1) is 5.10 Å². The van der Waals surface area contributed by atoms with E-state index in [1.165, 1.54) is 35.9 Å². The molecule has 0 aliphatic rings. The Hall–Kier alpha value is -4.47. The van der Waals surface area contributed by atoms with Crippen molar-refractivity contribution in [2.75, 3.05) is 19.5 Å². The van der Waals surface area contributed by atoms with Crippen molar-refractivity contribution in [1.82, 2.24) is 19.9 Å². The third kappa shape index (κ3) is 5.43. The Morgan fingerprint density at radius 2 is 1.81 bits per heavy atom. The van der Waals surface area contributed by atoms with Crippen LogP contribution in [0.5, 0.6) is 11.5 Å². The largest absolute Gasteiger partial charge is 0.497 e. The van der Waals surface area contributed by atoms with Crippen LogP contribution in [0, 0.1) is 5.82 Å². The van der Waals surface area contributed by atoms with E-state index in [-0.39, 0.29) is 24.8 Å². The van der Waals surface area contributed by atoms with E-state index in [2.05, 4.69) is 15.6 Å². The molecule has 0 fully saturated rings. The van der Waals surface area contributed by atoms with Crippen LogP contribution in [-0.4, -0.2) is 52.0 Å². The maximum Gasteiger partial charge on any atom is 0.247 e. The Kier molecular flexibility index (Phi) is 7.43. The molecule has 2 amide bonds. The summed E-state index contributed by atoms with van der Waals surface area (Å²) in [5, 5.41) is 11.0. The first-order valence-corrected chi connectivity index (χ1v) is 11.2. The average Bonchev–Trinajstić information content (AvgIpc) is 3.30. The molecule has 1 N–H and O–H groups in total. The first kappa shape index (κ1) is 24.6. The molecule has 1 heterocycles. The molecule has 0 saturated carbocycles. The van der Waals surface area contributed by atoms with Crippen molar-refractivity contribution in [2.24, 2.45) is 0 Å². The molecule has 186 valence electrons. The zero-order chi connectivity index (χ0) is 25.7. The van der Waals surface area contributed by atoms with Crippen LogP contribution in [0.2, 0.25) is 0 Å². The van der Waals surface area contributed by atoms with Crippen molar-refractivity contribution in [1.29, 1.82) is 0 Å². The number of carbonyl (C=O) groups excluding carboxylic acids is 2. The second-order valence-electron chi connectivity index (χ2n) is 8.12. The normalized spacial score (nSPS) is 11.7. The molecule has 36 heavy (non-hydrogen) atoms. The predicted octanol–water partition coefficient (Wildman–Crippen LogP) is 3.64. The first-order chi connectivity index (χ1) is 17.4. The van der Waals surface area contributed by atoms with Gasteiger partial charge in [-0.05, 0) is 48.9 Å². The summed E-state index contributed by atoms with van der Waals surface area (Å²) in [5.41, 5.74) is 2.47. The number of methoxy groups -OCH3 is 2. The summed E-state index contributed by atoms with van der Waals surface area (Å²) in [7, 11) is 3.02. The monoisotopic (exact) mass is 491 g/mol. The molecular formula is C26H26FN5O4. The van der Waals surface area contributed by atoms with E-state index in [4.69, 9.17) is 9.47 Å². The van der Waals surface area contributed by atoms with Gasteiger partial charge >= 0.3 is 0 Å². The Morgan fingerprint density at radius 3 is 2.53 bits per heavy atom. The van der Waals surface area contributed by atoms with Crippen molar-refractivity contribution in [2.45, 2.75) is 26.1 Å². The lowest BCUT2D eigenvalue weighted by atomic mass is 10.1. The Morgan fingerprint density at radius 1 is 1.06 bits per heavy atom. The fourth-order valence-corrected chi connectivity index (χ4v) is 3.76. The topological polar surface area (TPSA) is 98.6 Å². The zero-order valence-corrected chi connectivity index (χ0v) is 20.1. The minimum atomic E-state index is -0.871. The van der Waals surface area contributed by atoms with Gasteiger partial charge in [0, 0.05) is 12.6 Å². The number of para-hydroxylation sites is 1. The van der Waals surface area contributed by atoms with Crippen LogP contribution >= 0.6 is 0 Å². The Balaban J connectivity index is 1.59. The molecule has 3 aromatic carbocycles. The summed E-state index contributed by atoms with van der Waals surface area (Å²) in [6.07, 6.45) is 0. The second kappa shape index (κ2) is 10.9. The summed E-state index contributed by atoms with van der Waals surface area (Å²) in [6, 6.07) is 17.2. The molecule has 4 rings (SSSR count). The van der Waals surface area contributed by atoms with Crippen molar-refractivity contribution in [3.8, 4) is 11.5 Å². The molecule has 9 nitrogen and oxygen atoms in total. The van der Waals surface area contributed by atoms with E-state index in [1.807, 2.05) is 18.2 Å². The summed E-state index contributed by atoms with van der Waals surface area (Å²) >= 11 is 0. The standard InChI is InChI=1S/C26H26FN5O4/c1-17(26(34)28-22-13-12-20(35-2)14-24(22)36-3)31(15-18-8-10-19(27)11-9-18)25(33)16-32-23-7-5-4-6-21(23)29-30-32/h4-14,17H,15-16H2,1-3H3,(H,28,34). The van der Waals surface area contributed by atoms with Crippen LogP contribution in [-0.2, 0) is 22.7 Å². The number of aromatic nitrogens is 3. The van der Waals surface area contributed by atoms with Crippen LogP contribution in [0.1, 0.15) is 12.5 Å². The Labute approximate surface area is 207 Å². The van der Waals surface area contributed by atoms with Gasteiger partial charge < -0.3 is 19.7 Å². The molecule has 0 aliphatic carbocycles. The highest BCUT2D eigenvalue weighted by Gasteiger charge is 2.28. The smallest absolute Gasteiger partial charge is 0.247 e. The number of halogens is 1. The summed E-state index contributed by atoms with van der Waals surface area (Å²) in [5.74, 6) is -0.161. The fourth-order valence-electron chi connectivity index (χ4n) is 3.76. The van der Waals surface area contributed by atoms with Crippen LogP contribution in [0.25, 0.3) is 11.0 Å².